The molecule has 1 N–H and O–H groups in total. The van der Waals surface area contributed by atoms with Crippen molar-refractivity contribution in [3.63, 3.8) is 0 Å². The highest BCUT2D eigenvalue weighted by molar-refractivity contribution is 7.89. The van der Waals surface area contributed by atoms with Crippen molar-refractivity contribution in [3.05, 3.63) is 29.8 Å². The van der Waals surface area contributed by atoms with E-state index in [-0.39, 0.29) is 6.04 Å². The lowest BCUT2D eigenvalue weighted by Crippen LogP contribution is -2.47. The normalized spacial score (nSPS) is 18.9. The van der Waals surface area contributed by atoms with E-state index in [1.807, 2.05) is 13.8 Å². The molecule has 0 amide bonds. The molecule has 0 radical (unpaired) electrons. The minimum Gasteiger partial charge on any atom is -0.379 e. The number of hydrogen-bond acceptors (Lipinski definition) is 4. The monoisotopic (exact) mass is 298 g/mol. The highest BCUT2D eigenvalue weighted by atomic mass is 32.2. The number of nitrogens with zero attached hydrogens (tertiary/aromatic N) is 1. The van der Waals surface area contributed by atoms with Gasteiger partial charge in [0.2, 0.25) is 10.0 Å². The van der Waals surface area contributed by atoms with Gasteiger partial charge in [-0.1, -0.05) is 17.7 Å². The van der Waals surface area contributed by atoms with Gasteiger partial charge in [0.05, 0.1) is 18.1 Å². The Labute approximate surface area is 121 Å². The summed E-state index contributed by atoms with van der Waals surface area (Å²) < 4.78 is 32.3. The molecule has 1 aliphatic heterocycles. The van der Waals surface area contributed by atoms with Gasteiger partial charge < -0.3 is 4.74 Å². The van der Waals surface area contributed by atoms with Crippen molar-refractivity contribution in [3.8, 4) is 0 Å². The Morgan fingerprint density at radius 2 is 1.85 bits per heavy atom. The van der Waals surface area contributed by atoms with Gasteiger partial charge in [-0.05, 0) is 26.0 Å². The zero-order chi connectivity index (χ0) is 14.6. The fraction of sp³-hybridized carbons (Fsp3) is 0.571. The first-order chi connectivity index (χ1) is 9.49. The van der Waals surface area contributed by atoms with Crippen LogP contribution in [0.4, 0.5) is 0 Å². The van der Waals surface area contributed by atoms with Crippen molar-refractivity contribution < 1.29 is 13.2 Å². The van der Waals surface area contributed by atoms with E-state index < -0.39 is 10.0 Å². The van der Waals surface area contributed by atoms with E-state index in [4.69, 9.17) is 4.74 Å². The molecule has 1 unspecified atom stereocenters. The van der Waals surface area contributed by atoms with Gasteiger partial charge in [0.1, 0.15) is 0 Å². The molecular weight excluding hydrogens is 276 g/mol. The smallest absolute Gasteiger partial charge is 0.240 e. The summed E-state index contributed by atoms with van der Waals surface area (Å²) >= 11 is 0. The minimum absolute atomic E-state index is 0.166. The summed E-state index contributed by atoms with van der Waals surface area (Å²) in [5, 5.41) is 0. The van der Waals surface area contributed by atoms with Crippen molar-refractivity contribution in [2.45, 2.75) is 24.8 Å². The summed E-state index contributed by atoms with van der Waals surface area (Å²) in [6.07, 6.45) is 0. The van der Waals surface area contributed by atoms with Crippen LogP contribution in [-0.2, 0) is 14.8 Å². The molecule has 1 aromatic rings. The largest absolute Gasteiger partial charge is 0.379 e. The fourth-order valence-electron chi connectivity index (χ4n) is 2.18. The predicted molar refractivity (Wildman–Crippen MR) is 78.2 cm³/mol. The Hall–Kier alpha value is -0.950. The van der Waals surface area contributed by atoms with Crippen molar-refractivity contribution >= 4 is 10.0 Å². The molecule has 0 aliphatic carbocycles. The van der Waals surface area contributed by atoms with Gasteiger partial charge in [-0.2, -0.15) is 0 Å². The third-order valence-corrected chi connectivity index (χ3v) is 5.01. The number of rotatable bonds is 5. The van der Waals surface area contributed by atoms with Gasteiger partial charge in [0, 0.05) is 25.7 Å². The summed E-state index contributed by atoms with van der Waals surface area (Å²) in [7, 11) is -3.42. The highest BCUT2D eigenvalue weighted by Crippen LogP contribution is 2.10. The second-order valence-corrected chi connectivity index (χ2v) is 6.93. The Morgan fingerprint density at radius 1 is 1.25 bits per heavy atom. The molecule has 0 bridgehead atoms. The maximum absolute atomic E-state index is 12.2. The lowest BCUT2D eigenvalue weighted by atomic mass is 10.2. The molecule has 1 atom stereocenters. The van der Waals surface area contributed by atoms with Crippen LogP contribution in [-0.4, -0.2) is 52.2 Å². The van der Waals surface area contributed by atoms with Crippen LogP contribution in [0.2, 0.25) is 0 Å². The minimum atomic E-state index is -3.42. The van der Waals surface area contributed by atoms with E-state index in [2.05, 4.69) is 9.62 Å². The van der Waals surface area contributed by atoms with Gasteiger partial charge in [-0.3, -0.25) is 4.90 Å². The van der Waals surface area contributed by atoms with Crippen molar-refractivity contribution in [2.75, 3.05) is 32.8 Å². The summed E-state index contributed by atoms with van der Waals surface area (Å²) in [6.45, 7) is 7.52. The zero-order valence-corrected chi connectivity index (χ0v) is 12.8. The van der Waals surface area contributed by atoms with E-state index in [1.54, 1.807) is 24.3 Å². The van der Waals surface area contributed by atoms with Gasteiger partial charge >= 0.3 is 0 Å². The van der Waals surface area contributed by atoms with Crippen LogP contribution in [0.15, 0.2) is 29.2 Å². The Balaban J connectivity index is 1.93. The lowest BCUT2D eigenvalue weighted by molar-refractivity contribution is 0.0213. The highest BCUT2D eigenvalue weighted by Gasteiger charge is 2.20. The van der Waals surface area contributed by atoms with Crippen LogP contribution in [0.1, 0.15) is 12.5 Å². The van der Waals surface area contributed by atoms with Crippen LogP contribution in [0.3, 0.4) is 0 Å². The summed E-state index contributed by atoms with van der Waals surface area (Å²) in [4.78, 5) is 2.55. The molecule has 1 fully saturated rings. The number of aryl methyl sites for hydroxylation is 1. The molecule has 1 saturated heterocycles. The Kier molecular flexibility index (Phi) is 5.15. The standard InChI is InChI=1S/C14H22N2O3S/c1-12-3-5-14(6-4-12)20(17,18)15-11-13(2)16-7-9-19-10-8-16/h3-6,13,15H,7-11H2,1-2H3. The number of hydrogen-bond donors (Lipinski definition) is 1. The van der Waals surface area contributed by atoms with E-state index in [1.165, 1.54) is 0 Å². The van der Waals surface area contributed by atoms with Crippen molar-refractivity contribution in [1.29, 1.82) is 0 Å². The molecule has 0 aromatic heterocycles. The summed E-state index contributed by atoms with van der Waals surface area (Å²) in [6, 6.07) is 7.05. The van der Waals surface area contributed by atoms with Gasteiger partial charge in [0.15, 0.2) is 0 Å². The van der Waals surface area contributed by atoms with E-state index in [0.717, 1.165) is 31.9 Å². The number of ether oxygens (including phenoxy) is 1. The number of nitrogens with one attached hydrogen (secondary N) is 1. The summed E-state index contributed by atoms with van der Waals surface area (Å²) in [5.74, 6) is 0. The molecule has 112 valence electrons. The SMILES string of the molecule is Cc1ccc(S(=O)(=O)NCC(C)N2CCOCC2)cc1. The first kappa shape index (κ1) is 15.4. The molecule has 1 aromatic carbocycles. The molecule has 1 aliphatic rings. The Morgan fingerprint density at radius 3 is 2.45 bits per heavy atom. The van der Waals surface area contributed by atoms with Gasteiger partial charge in [0.25, 0.3) is 0 Å². The predicted octanol–water partition coefficient (Wildman–Crippen LogP) is 0.994. The molecule has 1 heterocycles. The quantitative estimate of drug-likeness (QED) is 0.881. The molecule has 0 spiro atoms. The van der Waals surface area contributed by atoms with Crippen LogP contribution in [0.25, 0.3) is 0 Å². The second kappa shape index (κ2) is 6.67. The van der Waals surface area contributed by atoms with E-state index >= 15 is 0 Å². The van der Waals surface area contributed by atoms with Crippen LogP contribution < -0.4 is 4.72 Å². The third kappa shape index (κ3) is 4.02. The molecule has 2 rings (SSSR count). The molecular formula is C14H22N2O3S. The third-order valence-electron chi connectivity index (χ3n) is 3.57. The number of sulfonamides is 1. The fourth-order valence-corrected chi connectivity index (χ4v) is 3.30. The molecule has 20 heavy (non-hydrogen) atoms. The lowest BCUT2D eigenvalue weighted by Gasteiger charge is -2.32. The maximum atomic E-state index is 12.2. The average Bonchev–Trinajstić information content (AvgIpc) is 2.46. The van der Waals surface area contributed by atoms with Crippen molar-refractivity contribution in [1.82, 2.24) is 9.62 Å². The first-order valence-corrected chi connectivity index (χ1v) is 8.35. The Bertz CT molecular complexity index is 522. The van der Waals surface area contributed by atoms with Gasteiger partial charge in [-0.15, -0.1) is 0 Å². The molecule has 5 nitrogen and oxygen atoms in total. The number of morpholine rings is 1. The van der Waals surface area contributed by atoms with Crippen LogP contribution in [0, 0.1) is 6.92 Å². The van der Waals surface area contributed by atoms with Crippen LogP contribution in [0.5, 0.6) is 0 Å². The topological polar surface area (TPSA) is 58.6 Å². The molecule has 0 saturated carbocycles. The average molecular weight is 298 g/mol. The number of benzene rings is 1. The van der Waals surface area contributed by atoms with E-state index in [0.29, 0.717) is 11.4 Å². The summed E-state index contributed by atoms with van der Waals surface area (Å²) in [5.41, 5.74) is 1.05. The first-order valence-electron chi connectivity index (χ1n) is 6.87. The van der Waals surface area contributed by atoms with E-state index in [9.17, 15) is 8.42 Å². The second-order valence-electron chi connectivity index (χ2n) is 5.16. The van der Waals surface area contributed by atoms with Crippen molar-refractivity contribution in [2.24, 2.45) is 0 Å². The van der Waals surface area contributed by atoms with Crippen LogP contribution >= 0.6 is 0 Å². The zero-order valence-electron chi connectivity index (χ0n) is 12.0. The van der Waals surface area contributed by atoms with Gasteiger partial charge in [-0.25, -0.2) is 13.1 Å². The maximum Gasteiger partial charge on any atom is 0.240 e. The molecule has 6 heteroatoms.